The summed E-state index contributed by atoms with van der Waals surface area (Å²) in [6.45, 7) is 6.64. The van der Waals surface area contributed by atoms with Crippen molar-refractivity contribution in [2.75, 3.05) is 0 Å². The van der Waals surface area contributed by atoms with Crippen LogP contribution in [0, 0.1) is 0 Å². The molecule has 5 aromatic rings. The molecule has 4 aromatic carbocycles. The van der Waals surface area contributed by atoms with Crippen LogP contribution in [0.3, 0.4) is 0 Å². The normalized spacial score (nSPS) is 12.0. The predicted molar refractivity (Wildman–Crippen MR) is 132 cm³/mol. The summed E-state index contributed by atoms with van der Waals surface area (Å²) in [5.74, 6) is 0.942. The highest BCUT2D eigenvalue weighted by Gasteiger charge is 2.21. The molecule has 0 aliphatic carbocycles. The lowest BCUT2D eigenvalue weighted by Crippen LogP contribution is -2.11. The molecule has 0 spiro atoms. The second kappa shape index (κ2) is 7.24. The second-order valence-electron chi connectivity index (χ2n) is 8.86. The van der Waals surface area contributed by atoms with E-state index < -0.39 is 0 Å². The van der Waals surface area contributed by atoms with Gasteiger partial charge in [0.2, 0.25) is 0 Å². The molecule has 0 saturated heterocycles. The Bertz CT molecular complexity index is 1430. The third-order valence-electron chi connectivity index (χ3n) is 5.76. The summed E-state index contributed by atoms with van der Waals surface area (Å²) in [5.41, 5.74) is 4.95. The first kappa shape index (κ1) is 19.8. The van der Waals surface area contributed by atoms with Crippen molar-refractivity contribution in [3.63, 3.8) is 0 Å². The Morgan fingerprint density at radius 2 is 1.58 bits per heavy atom. The first-order valence-electron chi connectivity index (χ1n) is 10.3. The maximum Gasteiger partial charge on any atom is 0.150 e. The number of benzene rings is 4. The number of nitrogens with zero attached hydrogens (tertiary/aromatic N) is 2. The molecule has 0 atom stereocenters. The average Bonchev–Trinajstić information content (AvgIpc) is 3.13. The Morgan fingerprint density at radius 1 is 0.839 bits per heavy atom. The highest BCUT2D eigenvalue weighted by molar-refractivity contribution is 9.10. The number of para-hydroxylation sites is 1. The van der Waals surface area contributed by atoms with Gasteiger partial charge in [0.25, 0.3) is 0 Å². The van der Waals surface area contributed by atoms with Crippen molar-refractivity contribution in [1.82, 2.24) is 9.55 Å². The quantitative estimate of drug-likeness (QED) is 0.288. The topological polar surface area (TPSA) is 38.0 Å². The fourth-order valence-electron chi connectivity index (χ4n) is 4.10. The van der Waals surface area contributed by atoms with Gasteiger partial charge < -0.3 is 5.11 Å². The minimum absolute atomic E-state index is 0.0787. The van der Waals surface area contributed by atoms with Crippen molar-refractivity contribution in [3.05, 3.63) is 88.9 Å². The Kier molecular flexibility index (Phi) is 4.63. The second-order valence-corrected chi connectivity index (χ2v) is 9.71. The molecule has 0 saturated carbocycles. The molecule has 3 nitrogen and oxygen atoms in total. The number of imidazole rings is 1. The molecule has 4 heteroatoms. The smallest absolute Gasteiger partial charge is 0.150 e. The van der Waals surface area contributed by atoms with Gasteiger partial charge in [-0.15, -0.1) is 0 Å². The number of aromatic nitrogens is 2. The van der Waals surface area contributed by atoms with Crippen LogP contribution in [0.1, 0.15) is 26.3 Å². The Labute approximate surface area is 190 Å². The summed E-state index contributed by atoms with van der Waals surface area (Å²) in [6.07, 6.45) is 0. The van der Waals surface area contributed by atoms with E-state index in [4.69, 9.17) is 4.98 Å². The number of fused-ring (bicyclic) bond motifs is 2. The van der Waals surface area contributed by atoms with E-state index >= 15 is 0 Å². The molecule has 154 valence electrons. The number of rotatable bonds is 2. The minimum atomic E-state index is 0.0787. The third kappa shape index (κ3) is 3.31. The zero-order chi connectivity index (χ0) is 21.8. The van der Waals surface area contributed by atoms with Crippen LogP contribution >= 0.6 is 15.9 Å². The largest absolute Gasteiger partial charge is 0.507 e. The molecule has 1 aromatic heterocycles. The molecule has 0 fully saturated rings. The molecule has 1 heterocycles. The van der Waals surface area contributed by atoms with E-state index in [0.717, 1.165) is 43.4 Å². The van der Waals surface area contributed by atoms with Gasteiger partial charge in [0.1, 0.15) is 17.1 Å². The number of halogens is 1. The molecule has 0 amide bonds. The molecule has 31 heavy (non-hydrogen) atoms. The molecule has 0 bridgehead atoms. The van der Waals surface area contributed by atoms with Gasteiger partial charge >= 0.3 is 0 Å². The summed E-state index contributed by atoms with van der Waals surface area (Å²) < 4.78 is 3.06. The van der Waals surface area contributed by atoms with E-state index in [0.29, 0.717) is 0 Å². The first-order valence-corrected chi connectivity index (χ1v) is 11.1. The monoisotopic (exact) mass is 470 g/mol. The third-order valence-corrected chi connectivity index (χ3v) is 6.40. The molecule has 0 aliphatic rings. The lowest BCUT2D eigenvalue weighted by atomic mass is 9.87. The van der Waals surface area contributed by atoms with Crippen molar-refractivity contribution in [2.45, 2.75) is 26.2 Å². The van der Waals surface area contributed by atoms with Gasteiger partial charge in [0.15, 0.2) is 0 Å². The Hall–Kier alpha value is -3.11. The van der Waals surface area contributed by atoms with Crippen LogP contribution < -0.4 is 0 Å². The molecule has 0 aliphatic heterocycles. The minimum Gasteiger partial charge on any atom is -0.507 e. The lowest BCUT2D eigenvalue weighted by molar-refractivity contribution is 0.477. The van der Waals surface area contributed by atoms with Crippen LogP contribution in [0.25, 0.3) is 38.9 Å². The average molecular weight is 471 g/mol. The van der Waals surface area contributed by atoms with Crippen LogP contribution in [-0.4, -0.2) is 14.7 Å². The van der Waals surface area contributed by atoms with Gasteiger partial charge in [0, 0.05) is 10.2 Å². The summed E-state index contributed by atoms with van der Waals surface area (Å²) in [6, 6.07) is 26.5. The standard InChI is InChI=1S/C27H23BrN2O/c1-27(2,3)18-12-14-19(15-13-18)30-22-10-6-9-21(28)25(22)29-26(30)24-20-8-5-4-7-17(20)11-16-23(24)31/h4-16,31H,1-3H3. The number of hydrogen-bond acceptors (Lipinski definition) is 2. The summed E-state index contributed by atoms with van der Waals surface area (Å²) in [7, 11) is 0. The van der Waals surface area contributed by atoms with Crippen molar-refractivity contribution in [2.24, 2.45) is 0 Å². The zero-order valence-electron chi connectivity index (χ0n) is 17.7. The van der Waals surface area contributed by atoms with Gasteiger partial charge in [-0.1, -0.05) is 69.3 Å². The number of aromatic hydroxyl groups is 1. The molecule has 1 N–H and O–H groups in total. The molecule has 5 rings (SSSR count). The molecular formula is C27H23BrN2O. The maximum atomic E-state index is 10.9. The van der Waals surface area contributed by atoms with E-state index in [1.807, 2.05) is 36.4 Å². The van der Waals surface area contributed by atoms with Gasteiger partial charge in [-0.2, -0.15) is 0 Å². The Balaban J connectivity index is 1.86. The summed E-state index contributed by atoms with van der Waals surface area (Å²) >= 11 is 3.66. The van der Waals surface area contributed by atoms with Crippen LogP contribution in [0.5, 0.6) is 5.75 Å². The van der Waals surface area contributed by atoms with E-state index in [2.05, 4.69) is 77.7 Å². The van der Waals surface area contributed by atoms with Gasteiger partial charge in [0.05, 0.1) is 11.1 Å². The van der Waals surface area contributed by atoms with E-state index in [9.17, 15) is 5.11 Å². The van der Waals surface area contributed by atoms with Gasteiger partial charge in [-0.3, -0.25) is 4.57 Å². The first-order chi connectivity index (χ1) is 14.8. The predicted octanol–water partition coefficient (Wildman–Crippen LogP) is 7.61. The van der Waals surface area contributed by atoms with Crippen molar-refractivity contribution in [1.29, 1.82) is 0 Å². The molecular weight excluding hydrogens is 448 g/mol. The highest BCUT2D eigenvalue weighted by Crippen LogP contribution is 2.40. The zero-order valence-corrected chi connectivity index (χ0v) is 19.3. The van der Waals surface area contributed by atoms with Crippen LogP contribution in [0.2, 0.25) is 0 Å². The van der Waals surface area contributed by atoms with Crippen LogP contribution in [0.15, 0.2) is 83.3 Å². The van der Waals surface area contributed by atoms with E-state index in [-0.39, 0.29) is 11.2 Å². The number of phenolic OH excluding ortho intramolecular Hbond substituents is 1. The summed E-state index contributed by atoms with van der Waals surface area (Å²) in [5, 5.41) is 13.0. The SMILES string of the molecule is CC(C)(C)c1ccc(-n2c(-c3c(O)ccc4ccccc34)nc3c(Br)cccc32)cc1. The molecule has 0 radical (unpaired) electrons. The lowest BCUT2D eigenvalue weighted by Gasteiger charge is -2.20. The van der Waals surface area contributed by atoms with E-state index in [1.165, 1.54) is 5.56 Å². The van der Waals surface area contributed by atoms with Crippen molar-refractivity contribution < 1.29 is 5.11 Å². The van der Waals surface area contributed by atoms with Crippen molar-refractivity contribution >= 4 is 37.7 Å². The van der Waals surface area contributed by atoms with E-state index in [1.54, 1.807) is 6.07 Å². The fraction of sp³-hybridized carbons (Fsp3) is 0.148. The number of hydrogen-bond donors (Lipinski definition) is 1. The van der Waals surface area contributed by atoms with Crippen LogP contribution in [0.4, 0.5) is 0 Å². The van der Waals surface area contributed by atoms with Gasteiger partial charge in [-0.05, 0) is 68.0 Å². The van der Waals surface area contributed by atoms with Gasteiger partial charge in [-0.25, -0.2) is 4.98 Å². The highest BCUT2D eigenvalue weighted by atomic mass is 79.9. The Morgan fingerprint density at radius 3 is 2.32 bits per heavy atom. The van der Waals surface area contributed by atoms with Crippen LogP contribution in [-0.2, 0) is 5.41 Å². The fourth-order valence-corrected chi connectivity index (χ4v) is 4.54. The molecule has 0 unspecified atom stereocenters. The number of phenols is 1. The maximum absolute atomic E-state index is 10.9. The summed E-state index contributed by atoms with van der Waals surface area (Å²) in [4.78, 5) is 5.00. The van der Waals surface area contributed by atoms with Crippen molar-refractivity contribution in [3.8, 4) is 22.8 Å².